The Hall–Kier alpha value is -3.22. The molecule has 0 saturated heterocycles. The van der Waals surface area contributed by atoms with Crippen LogP contribution in [-0.2, 0) is 23.0 Å². The number of hydrogen-bond acceptors (Lipinski definition) is 3. The fourth-order valence-electron chi connectivity index (χ4n) is 3.60. The molecule has 0 bridgehead atoms. The predicted molar refractivity (Wildman–Crippen MR) is 123 cm³/mol. The molecule has 1 N–H and O–H groups in total. The molecule has 3 aromatic carbocycles. The van der Waals surface area contributed by atoms with Crippen LogP contribution in [0.25, 0.3) is 10.9 Å². The maximum absolute atomic E-state index is 13.4. The van der Waals surface area contributed by atoms with E-state index in [1.165, 1.54) is 4.31 Å². The van der Waals surface area contributed by atoms with Crippen LogP contribution in [0.2, 0.25) is 0 Å². The standard InChI is InChI=1S/C25H24N2O3S/c1-19-12-13-24-21(16-19)17-22(25(28)26-24)18-27(15-14-20-8-4-2-5-9-20)31(29,30)23-10-6-3-7-11-23/h2-13,16-17H,14-15,18H2,1H3,(H,26,28). The minimum absolute atomic E-state index is 0.00325. The highest BCUT2D eigenvalue weighted by atomic mass is 32.2. The molecule has 5 nitrogen and oxygen atoms in total. The second kappa shape index (κ2) is 8.88. The van der Waals surface area contributed by atoms with Gasteiger partial charge in [-0.2, -0.15) is 4.31 Å². The smallest absolute Gasteiger partial charge is 0.252 e. The lowest BCUT2D eigenvalue weighted by Crippen LogP contribution is -2.34. The quantitative estimate of drug-likeness (QED) is 0.474. The molecule has 0 aliphatic carbocycles. The maximum atomic E-state index is 13.4. The molecule has 1 aromatic heterocycles. The van der Waals surface area contributed by atoms with Crippen LogP contribution in [0.15, 0.2) is 94.6 Å². The summed E-state index contributed by atoms with van der Waals surface area (Å²) in [7, 11) is -3.77. The number of hydrogen-bond donors (Lipinski definition) is 1. The van der Waals surface area contributed by atoms with E-state index in [2.05, 4.69) is 4.98 Å². The fraction of sp³-hybridized carbons (Fsp3) is 0.160. The molecule has 6 heteroatoms. The molecule has 4 rings (SSSR count). The lowest BCUT2D eigenvalue weighted by Gasteiger charge is -2.22. The largest absolute Gasteiger partial charge is 0.322 e. The van der Waals surface area contributed by atoms with Crippen molar-refractivity contribution in [3.8, 4) is 0 Å². The monoisotopic (exact) mass is 432 g/mol. The molecular formula is C25H24N2O3S. The van der Waals surface area contributed by atoms with Gasteiger partial charge in [0.15, 0.2) is 0 Å². The van der Waals surface area contributed by atoms with Crippen molar-refractivity contribution in [1.82, 2.24) is 9.29 Å². The molecule has 1 heterocycles. The number of benzene rings is 3. The summed E-state index contributed by atoms with van der Waals surface area (Å²) in [6.07, 6.45) is 0.553. The third-order valence-corrected chi connectivity index (χ3v) is 7.16. The molecule has 0 spiro atoms. The van der Waals surface area contributed by atoms with Crippen molar-refractivity contribution in [3.05, 3.63) is 112 Å². The van der Waals surface area contributed by atoms with Crippen LogP contribution >= 0.6 is 0 Å². The zero-order valence-electron chi connectivity index (χ0n) is 17.3. The van der Waals surface area contributed by atoms with Gasteiger partial charge < -0.3 is 4.98 Å². The van der Waals surface area contributed by atoms with E-state index in [4.69, 9.17) is 0 Å². The molecule has 0 atom stereocenters. The zero-order valence-corrected chi connectivity index (χ0v) is 18.1. The van der Waals surface area contributed by atoms with Gasteiger partial charge in [0.25, 0.3) is 5.56 Å². The van der Waals surface area contributed by atoms with Gasteiger partial charge in [-0.3, -0.25) is 4.79 Å². The second-order valence-corrected chi connectivity index (χ2v) is 9.54. The van der Waals surface area contributed by atoms with Crippen LogP contribution in [-0.4, -0.2) is 24.3 Å². The van der Waals surface area contributed by atoms with Crippen molar-refractivity contribution < 1.29 is 8.42 Å². The number of nitrogens with zero attached hydrogens (tertiary/aromatic N) is 1. The summed E-state index contributed by atoms with van der Waals surface area (Å²) >= 11 is 0. The summed E-state index contributed by atoms with van der Waals surface area (Å²) in [5.41, 5.74) is 3.00. The van der Waals surface area contributed by atoms with Crippen LogP contribution in [0.5, 0.6) is 0 Å². The predicted octanol–water partition coefficient (Wildman–Crippen LogP) is 4.27. The Morgan fingerprint density at radius 3 is 2.26 bits per heavy atom. The normalized spacial score (nSPS) is 11.8. The minimum Gasteiger partial charge on any atom is -0.322 e. The number of nitrogens with one attached hydrogen (secondary N) is 1. The first-order valence-corrected chi connectivity index (χ1v) is 11.6. The third kappa shape index (κ3) is 4.76. The molecule has 0 aliphatic rings. The van der Waals surface area contributed by atoms with Gasteiger partial charge in [-0.1, -0.05) is 60.2 Å². The Labute approximate surface area is 182 Å². The molecule has 0 aliphatic heterocycles. The highest BCUT2D eigenvalue weighted by Gasteiger charge is 2.25. The van der Waals surface area contributed by atoms with E-state index >= 15 is 0 Å². The van der Waals surface area contributed by atoms with Gasteiger partial charge in [0.2, 0.25) is 10.0 Å². The number of aromatic nitrogens is 1. The van der Waals surface area contributed by atoms with Gasteiger partial charge in [0, 0.05) is 24.2 Å². The molecule has 4 aromatic rings. The summed E-state index contributed by atoms with van der Waals surface area (Å²) in [5.74, 6) is 0. The first kappa shape index (κ1) is 21.0. The molecule has 31 heavy (non-hydrogen) atoms. The maximum Gasteiger partial charge on any atom is 0.252 e. The molecule has 0 amide bonds. The van der Waals surface area contributed by atoms with Crippen LogP contribution in [0.1, 0.15) is 16.7 Å². The summed E-state index contributed by atoms with van der Waals surface area (Å²) in [6.45, 7) is 2.26. The van der Waals surface area contributed by atoms with Crippen molar-refractivity contribution in [2.24, 2.45) is 0 Å². The third-order valence-electron chi connectivity index (χ3n) is 5.30. The lowest BCUT2D eigenvalue weighted by molar-refractivity contribution is 0.408. The number of H-pyrrole nitrogens is 1. The van der Waals surface area contributed by atoms with Crippen molar-refractivity contribution in [3.63, 3.8) is 0 Å². The SMILES string of the molecule is Cc1ccc2[nH]c(=O)c(CN(CCc3ccccc3)S(=O)(=O)c3ccccc3)cc2c1. The van der Waals surface area contributed by atoms with E-state index in [-0.39, 0.29) is 23.5 Å². The molecule has 0 fully saturated rings. The van der Waals surface area contributed by atoms with E-state index in [9.17, 15) is 13.2 Å². The van der Waals surface area contributed by atoms with Crippen LogP contribution < -0.4 is 5.56 Å². The Kier molecular flexibility index (Phi) is 6.02. The van der Waals surface area contributed by atoms with Crippen molar-refractivity contribution in [1.29, 1.82) is 0 Å². The summed E-state index contributed by atoms with van der Waals surface area (Å²) in [6, 6.07) is 25.7. The summed E-state index contributed by atoms with van der Waals surface area (Å²) in [5, 5.41) is 0.884. The average molecular weight is 433 g/mol. The first-order chi connectivity index (χ1) is 14.9. The van der Waals surface area contributed by atoms with Crippen molar-refractivity contribution in [2.75, 3.05) is 6.54 Å². The highest BCUT2D eigenvalue weighted by molar-refractivity contribution is 7.89. The van der Waals surface area contributed by atoms with Crippen LogP contribution in [0, 0.1) is 6.92 Å². The second-order valence-electron chi connectivity index (χ2n) is 7.60. The summed E-state index contributed by atoms with van der Waals surface area (Å²) in [4.78, 5) is 15.8. The molecule has 0 unspecified atom stereocenters. The molecule has 0 radical (unpaired) electrons. The van der Waals surface area contributed by atoms with E-state index < -0.39 is 10.0 Å². The number of sulfonamides is 1. The highest BCUT2D eigenvalue weighted by Crippen LogP contribution is 2.20. The molecular weight excluding hydrogens is 408 g/mol. The first-order valence-electron chi connectivity index (χ1n) is 10.2. The molecule has 0 saturated carbocycles. The summed E-state index contributed by atoms with van der Waals surface area (Å²) < 4.78 is 28.2. The average Bonchev–Trinajstić information content (AvgIpc) is 2.78. The zero-order chi connectivity index (χ0) is 21.8. The van der Waals surface area contributed by atoms with E-state index in [0.717, 1.165) is 22.0 Å². The van der Waals surface area contributed by atoms with Gasteiger partial charge in [-0.25, -0.2) is 8.42 Å². The number of aryl methyl sites for hydroxylation is 1. The van der Waals surface area contributed by atoms with Gasteiger partial charge in [0.05, 0.1) is 4.90 Å². The van der Waals surface area contributed by atoms with Crippen molar-refractivity contribution >= 4 is 20.9 Å². The van der Waals surface area contributed by atoms with Crippen LogP contribution in [0.3, 0.4) is 0 Å². The Bertz CT molecular complexity index is 1350. The van der Waals surface area contributed by atoms with E-state index in [0.29, 0.717) is 12.0 Å². The fourth-order valence-corrected chi connectivity index (χ4v) is 5.04. The van der Waals surface area contributed by atoms with E-state index in [1.54, 1.807) is 36.4 Å². The number of pyridine rings is 1. The number of aromatic amines is 1. The van der Waals surface area contributed by atoms with Crippen LogP contribution in [0.4, 0.5) is 0 Å². The number of fused-ring (bicyclic) bond motifs is 1. The molecule has 158 valence electrons. The Morgan fingerprint density at radius 1 is 0.871 bits per heavy atom. The minimum atomic E-state index is -3.77. The Balaban J connectivity index is 1.71. The van der Waals surface area contributed by atoms with Crippen molar-refractivity contribution in [2.45, 2.75) is 24.8 Å². The topological polar surface area (TPSA) is 70.2 Å². The van der Waals surface area contributed by atoms with E-state index in [1.807, 2.05) is 55.5 Å². The van der Waals surface area contributed by atoms with Gasteiger partial charge in [-0.15, -0.1) is 0 Å². The van der Waals surface area contributed by atoms with Gasteiger partial charge in [0.1, 0.15) is 0 Å². The van der Waals surface area contributed by atoms with Gasteiger partial charge >= 0.3 is 0 Å². The van der Waals surface area contributed by atoms with Gasteiger partial charge in [-0.05, 0) is 54.6 Å². The lowest BCUT2D eigenvalue weighted by atomic mass is 10.1. The Morgan fingerprint density at radius 2 is 1.55 bits per heavy atom. The number of rotatable bonds is 7.